The van der Waals surface area contributed by atoms with E-state index in [-0.39, 0.29) is 18.2 Å². The summed E-state index contributed by atoms with van der Waals surface area (Å²) in [4.78, 5) is 11.9. The monoisotopic (exact) mass is 322 g/mol. The van der Waals surface area contributed by atoms with Crippen molar-refractivity contribution >= 4 is 17.3 Å². The number of methoxy groups -OCH3 is 1. The second-order valence-corrected chi connectivity index (χ2v) is 4.54. The average molecular weight is 322 g/mol. The van der Waals surface area contributed by atoms with Crippen LogP contribution in [0.3, 0.4) is 0 Å². The first-order chi connectivity index (χ1) is 11.1. The number of carbonyl (C=O) groups excluding carboxylic acids is 1. The van der Waals surface area contributed by atoms with Crippen LogP contribution in [0.25, 0.3) is 0 Å². The topological polar surface area (TPSA) is 59.6 Å². The minimum atomic E-state index is -2.86. The molecule has 2 aromatic carbocycles. The highest BCUT2D eigenvalue weighted by molar-refractivity contribution is 5.93. The molecule has 7 heteroatoms. The molecule has 0 aliphatic carbocycles. The largest absolute Gasteiger partial charge is 0.497 e. The molecule has 2 rings (SSSR count). The zero-order valence-corrected chi connectivity index (χ0v) is 12.4. The fraction of sp³-hybridized carbons (Fsp3) is 0.188. The van der Waals surface area contributed by atoms with Crippen LogP contribution in [0.1, 0.15) is 0 Å². The molecule has 2 aromatic rings. The smallest absolute Gasteiger partial charge is 0.387 e. The van der Waals surface area contributed by atoms with Crippen molar-refractivity contribution in [2.45, 2.75) is 6.61 Å². The number of halogens is 2. The van der Waals surface area contributed by atoms with Crippen LogP contribution < -0.4 is 20.1 Å². The maximum absolute atomic E-state index is 12.0. The number of ether oxygens (including phenoxy) is 2. The summed E-state index contributed by atoms with van der Waals surface area (Å²) in [5.74, 6) is 0.461. The first-order valence-corrected chi connectivity index (χ1v) is 6.79. The minimum absolute atomic E-state index is 0.0340. The molecule has 1 amide bonds. The quantitative estimate of drug-likeness (QED) is 0.821. The van der Waals surface area contributed by atoms with Crippen LogP contribution in [0.15, 0.2) is 48.5 Å². The molecule has 2 N–H and O–H groups in total. The lowest BCUT2D eigenvalue weighted by atomic mass is 10.3. The number of anilines is 2. The van der Waals surface area contributed by atoms with Crippen molar-refractivity contribution < 1.29 is 23.0 Å². The van der Waals surface area contributed by atoms with Gasteiger partial charge in [-0.2, -0.15) is 8.78 Å². The van der Waals surface area contributed by atoms with Gasteiger partial charge >= 0.3 is 6.61 Å². The van der Waals surface area contributed by atoms with Crippen molar-refractivity contribution in [3.63, 3.8) is 0 Å². The van der Waals surface area contributed by atoms with E-state index in [1.54, 1.807) is 43.5 Å². The van der Waals surface area contributed by atoms with Gasteiger partial charge < -0.3 is 20.1 Å². The van der Waals surface area contributed by atoms with Gasteiger partial charge in [0.15, 0.2) is 0 Å². The lowest BCUT2D eigenvalue weighted by Crippen LogP contribution is -2.21. The van der Waals surface area contributed by atoms with E-state index in [4.69, 9.17) is 4.74 Å². The molecule has 0 bridgehead atoms. The van der Waals surface area contributed by atoms with Gasteiger partial charge in [-0.3, -0.25) is 4.79 Å². The summed E-state index contributed by atoms with van der Waals surface area (Å²) in [7, 11) is 1.55. The van der Waals surface area contributed by atoms with E-state index in [0.717, 1.165) is 0 Å². The summed E-state index contributed by atoms with van der Waals surface area (Å²) >= 11 is 0. The molecule has 0 atom stereocenters. The number of nitrogens with one attached hydrogen (secondary N) is 2. The van der Waals surface area contributed by atoms with Crippen molar-refractivity contribution in [3.8, 4) is 11.5 Å². The molecule has 0 aromatic heterocycles. The van der Waals surface area contributed by atoms with Crippen LogP contribution in [-0.4, -0.2) is 26.2 Å². The van der Waals surface area contributed by atoms with Gasteiger partial charge in [0.25, 0.3) is 0 Å². The highest BCUT2D eigenvalue weighted by atomic mass is 19.3. The van der Waals surface area contributed by atoms with Gasteiger partial charge in [-0.05, 0) is 36.4 Å². The Hall–Kier alpha value is -2.83. The maximum Gasteiger partial charge on any atom is 0.387 e. The van der Waals surface area contributed by atoms with Gasteiger partial charge in [-0.15, -0.1) is 0 Å². The molecule has 0 unspecified atom stereocenters. The molecule has 0 aliphatic heterocycles. The molecule has 0 aliphatic rings. The Bertz CT molecular complexity index is 648. The van der Waals surface area contributed by atoms with E-state index in [1.165, 1.54) is 12.1 Å². The van der Waals surface area contributed by atoms with Crippen LogP contribution >= 0.6 is 0 Å². The fourth-order valence-electron chi connectivity index (χ4n) is 1.84. The standard InChI is InChI=1S/C16H16F2N2O3/c1-22-14-4-2-3-12(9-14)20-15(21)10-19-11-5-7-13(8-6-11)23-16(17)18/h2-9,16,19H,10H2,1H3,(H,20,21). The highest BCUT2D eigenvalue weighted by Gasteiger charge is 2.05. The van der Waals surface area contributed by atoms with Crippen LogP contribution in [0.5, 0.6) is 11.5 Å². The molecule has 0 spiro atoms. The summed E-state index contributed by atoms with van der Waals surface area (Å²) in [6, 6.07) is 12.9. The van der Waals surface area contributed by atoms with Crippen LogP contribution in [0, 0.1) is 0 Å². The van der Waals surface area contributed by atoms with E-state index in [9.17, 15) is 13.6 Å². The Morgan fingerprint density at radius 1 is 1.09 bits per heavy atom. The minimum Gasteiger partial charge on any atom is -0.497 e. The maximum atomic E-state index is 12.0. The number of hydrogen-bond acceptors (Lipinski definition) is 4. The molecule has 23 heavy (non-hydrogen) atoms. The third-order valence-electron chi connectivity index (χ3n) is 2.89. The van der Waals surface area contributed by atoms with Gasteiger partial charge in [0.1, 0.15) is 11.5 Å². The molecular weight excluding hydrogens is 306 g/mol. The molecule has 0 heterocycles. The predicted octanol–water partition coefficient (Wildman–Crippen LogP) is 3.35. The highest BCUT2D eigenvalue weighted by Crippen LogP contribution is 2.18. The Labute approximate surface area is 132 Å². The van der Waals surface area contributed by atoms with Crippen molar-refractivity contribution in [2.24, 2.45) is 0 Å². The molecule has 0 fully saturated rings. The first kappa shape index (κ1) is 16.5. The van der Waals surface area contributed by atoms with E-state index >= 15 is 0 Å². The first-order valence-electron chi connectivity index (χ1n) is 6.79. The van der Waals surface area contributed by atoms with Crippen molar-refractivity contribution in [1.29, 1.82) is 0 Å². The Morgan fingerprint density at radius 2 is 1.83 bits per heavy atom. The molecule has 122 valence electrons. The zero-order valence-electron chi connectivity index (χ0n) is 12.4. The number of benzene rings is 2. The van der Waals surface area contributed by atoms with Crippen molar-refractivity contribution in [1.82, 2.24) is 0 Å². The third kappa shape index (κ3) is 5.46. The Balaban J connectivity index is 1.84. The number of rotatable bonds is 7. The normalized spacial score (nSPS) is 10.3. The van der Waals surface area contributed by atoms with E-state index < -0.39 is 6.61 Å². The summed E-state index contributed by atoms with van der Waals surface area (Å²) in [5, 5.41) is 5.61. The van der Waals surface area contributed by atoms with Gasteiger partial charge in [0, 0.05) is 17.4 Å². The van der Waals surface area contributed by atoms with Crippen LogP contribution in [-0.2, 0) is 4.79 Å². The third-order valence-corrected chi connectivity index (χ3v) is 2.89. The molecular formula is C16H16F2N2O3. The molecule has 0 saturated carbocycles. The number of carbonyl (C=O) groups is 1. The lowest BCUT2D eigenvalue weighted by molar-refractivity contribution is -0.114. The van der Waals surface area contributed by atoms with Crippen LogP contribution in [0.2, 0.25) is 0 Å². The second-order valence-electron chi connectivity index (χ2n) is 4.54. The Kier molecular flexibility index (Phi) is 5.74. The van der Waals surface area contributed by atoms with E-state index in [2.05, 4.69) is 15.4 Å². The number of amides is 1. The molecule has 0 radical (unpaired) electrons. The second kappa shape index (κ2) is 7.98. The average Bonchev–Trinajstić information content (AvgIpc) is 2.54. The number of hydrogen-bond donors (Lipinski definition) is 2. The predicted molar refractivity (Wildman–Crippen MR) is 83.2 cm³/mol. The van der Waals surface area contributed by atoms with Gasteiger partial charge in [0.2, 0.25) is 5.91 Å². The van der Waals surface area contributed by atoms with Crippen molar-refractivity contribution in [3.05, 3.63) is 48.5 Å². The van der Waals surface area contributed by atoms with Gasteiger partial charge in [0.05, 0.1) is 13.7 Å². The van der Waals surface area contributed by atoms with Gasteiger partial charge in [-0.1, -0.05) is 6.07 Å². The summed E-state index contributed by atoms with van der Waals surface area (Å²) in [6.07, 6.45) is 0. The summed E-state index contributed by atoms with van der Waals surface area (Å²) in [6.45, 7) is -2.82. The molecule has 5 nitrogen and oxygen atoms in total. The van der Waals surface area contributed by atoms with Crippen LogP contribution in [0.4, 0.5) is 20.2 Å². The Morgan fingerprint density at radius 3 is 2.48 bits per heavy atom. The summed E-state index contributed by atoms with van der Waals surface area (Å²) in [5.41, 5.74) is 1.24. The lowest BCUT2D eigenvalue weighted by Gasteiger charge is -2.09. The zero-order chi connectivity index (χ0) is 16.7. The number of alkyl halides is 2. The van der Waals surface area contributed by atoms with Crippen molar-refractivity contribution in [2.75, 3.05) is 24.3 Å². The summed E-state index contributed by atoms with van der Waals surface area (Å²) < 4.78 is 33.4. The fourth-order valence-corrected chi connectivity index (χ4v) is 1.84. The van der Waals surface area contributed by atoms with E-state index in [0.29, 0.717) is 17.1 Å². The van der Waals surface area contributed by atoms with Gasteiger partial charge in [-0.25, -0.2) is 0 Å². The van der Waals surface area contributed by atoms with E-state index in [1.807, 2.05) is 0 Å². The SMILES string of the molecule is COc1cccc(NC(=O)CNc2ccc(OC(F)F)cc2)c1. The molecule has 0 saturated heterocycles.